The molecular formula is C25H32N2O2. The van der Waals surface area contributed by atoms with Crippen molar-refractivity contribution in [1.82, 2.24) is 10.6 Å². The van der Waals surface area contributed by atoms with Crippen LogP contribution in [0.1, 0.15) is 62.3 Å². The van der Waals surface area contributed by atoms with Crippen LogP contribution < -0.4 is 10.6 Å². The summed E-state index contributed by atoms with van der Waals surface area (Å²) < 4.78 is 0. The van der Waals surface area contributed by atoms with Crippen LogP contribution in [0.5, 0.6) is 0 Å². The molecule has 2 aromatic carbocycles. The van der Waals surface area contributed by atoms with E-state index in [4.69, 9.17) is 0 Å². The van der Waals surface area contributed by atoms with Crippen molar-refractivity contribution in [2.75, 3.05) is 0 Å². The van der Waals surface area contributed by atoms with Gasteiger partial charge in [-0.3, -0.25) is 9.59 Å². The lowest BCUT2D eigenvalue weighted by Gasteiger charge is -2.30. The predicted molar refractivity (Wildman–Crippen MR) is 116 cm³/mol. The number of carbonyl (C=O) groups is 2. The number of carbonyl (C=O) groups excluding carboxylic acids is 2. The maximum Gasteiger partial charge on any atom is 0.243 e. The van der Waals surface area contributed by atoms with Gasteiger partial charge in [0.15, 0.2) is 0 Å². The van der Waals surface area contributed by atoms with Crippen molar-refractivity contribution >= 4 is 11.8 Å². The van der Waals surface area contributed by atoms with Crippen LogP contribution in [0.3, 0.4) is 0 Å². The molecule has 0 saturated heterocycles. The molecule has 1 aliphatic carbocycles. The fourth-order valence-electron chi connectivity index (χ4n) is 4.02. The van der Waals surface area contributed by atoms with Crippen molar-refractivity contribution in [2.45, 2.75) is 64.5 Å². The third kappa shape index (κ3) is 5.69. The van der Waals surface area contributed by atoms with Crippen LogP contribution in [-0.2, 0) is 22.4 Å². The van der Waals surface area contributed by atoms with Gasteiger partial charge in [-0.25, -0.2) is 0 Å². The van der Waals surface area contributed by atoms with Gasteiger partial charge in [-0.1, -0.05) is 74.9 Å². The molecule has 29 heavy (non-hydrogen) atoms. The van der Waals surface area contributed by atoms with Gasteiger partial charge in [0.1, 0.15) is 6.04 Å². The zero-order valence-corrected chi connectivity index (χ0v) is 17.5. The van der Waals surface area contributed by atoms with Gasteiger partial charge < -0.3 is 10.6 Å². The maximum absolute atomic E-state index is 13.1. The lowest BCUT2D eigenvalue weighted by molar-refractivity contribution is -0.130. The van der Waals surface area contributed by atoms with Crippen LogP contribution in [0, 0.1) is 5.92 Å². The van der Waals surface area contributed by atoms with Crippen molar-refractivity contribution in [3.8, 4) is 0 Å². The molecule has 0 fully saturated rings. The number of nitrogens with one attached hydrogen (secondary N) is 2. The van der Waals surface area contributed by atoms with Gasteiger partial charge >= 0.3 is 0 Å². The van der Waals surface area contributed by atoms with Gasteiger partial charge in [-0.15, -0.1) is 0 Å². The Morgan fingerprint density at radius 3 is 2.55 bits per heavy atom. The van der Waals surface area contributed by atoms with Gasteiger partial charge in [0.2, 0.25) is 11.8 Å². The molecule has 0 spiro atoms. The van der Waals surface area contributed by atoms with E-state index in [1.165, 1.54) is 11.1 Å². The van der Waals surface area contributed by atoms with Crippen molar-refractivity contribution in [2.24, 2.45) is 5.92 Å². The summed E-state index contributed by atoms with van der Waals surface area (Å²) in [4.78, 5) is 25.7. The monoisotopic (exact) mass is 392 g/mol. The molecule has 2 N–H and O–H groups in total. The molecule has 0 aromatic heterocycles. The van der Waals surface area contributed by atoms with E-state index in [-0.39, 0.29) is 23.8 Å². The smallest absolute Gasteiger partial charge is 0.243 e. The van der Waals surface area contributed by atoms with Gasteiger partial charge in [0.05, 0.1) is 6.04 Å². The topological polar surface area (TPSA) is 58.2 Å². The Morgan fingerprint density at radius 2 is 1.79 bits per heavy atom. The highest BCUT2D eigenvalue weighted by molar-refractivity contribution is 5.88. The summed E-state index contributed by atoms with van der Waals surface area (Å²) in [5.74, 6) is -0.0676. The van der Waals surface area contributed by atoms with Crippen molar-refractivity contribution in [3.05, 3.63) is 71.3 Å². The average Bonchev–Trinajstić information content (AvgIpc) is 2.76. The molecular weight excluding hydrogens is 360 g/mol. The highest BCUT2D eigenvalue weighted by Gasteiger charge is 2.29. The van der Waals surface area contributed by atoms with E-state index >= 15 is 0 Å². The van der Waals surface area contributed by atoms with Crippen LogP contribution in [0.2, 0.25) is 0 Å². The SMILES string of the molecule is CCC(C)C(NC(=O)CCc1ccccc1)C(=O)NC1CCCc2ccccc21. The summed E-state index contributed by atoms with van der Waals surface area (Å²) in [5.41, 5.74) is 3.66. The summed E-state index contributed by atoms with van der Waals surface area (Å²) in [6.07, 6.45) is 4.97. The highest BCUT2D eigenvalue weighted by atomic mass is 16.2. The molecule has 4 nitrogen and oxygen atoms in total. The van der Waals surface area contributed by atoms with E-state index in [9.17, 15) is 9.59 Å². The zero-order valence-electron chi connectivity index (χ0n) is 17.5. The minimum absolute atomic E-state index is 0.0280. The van der Waals surface area contributed by atoms with Crippen molar-refractivity contribution < 1.29 is 9.59 Å². The van der Waals surface area contributed by atoms with Crippen molar-refractivity contribution in [3.63, 3.8) is 0 Å². The lowest BCUT2D eigenvalue weighted by Crippen LogP contribution is -2.51. The molecule has 0 radical (unpaired) electrons. The highest BCUT2D eigenvalue weighted by Crippen LogP contribution is 2.29. The Balaban J connectivity index is 1.62. The number of hydrogen-bond donors (Lipinski definition) is 2. The molecule has 2 aromatic rings. The summed E-state index contributed by atoms with van der Waals surface area (Å²) in [5, 5.41) is 6.22. The first-order chi connectivity index (χ1) is 14.1. The second-order valence-corrected chi connectivity index (χ2v) is 8.07. The standard InChI is InChI=1S/C25H32N2O2/c1-3-18(2)24(27-23(28)17-16-19-10-5-4-6-11-19)25(29)26-22-15-9-13-20-12-7-8-14-21(20)22/h4-8,10-12,14,18,22,24H,3,9,13,15-17H2,1-2H3,(H,26,29)(H,27,28). The largest absolute Gasteiger partial charge is 0.347 e. The Labute approximate surface area is 174 Å². The van der Waals surface area contributed by atoms with Gasteiger partial charge in [0.25, 0.3) is 0 Å². The maximum atomic E-state index is 13.1. The third-order valence-corrected chi connectivity index (χ3v) is 5.98. The minimum atomic E-state index is -0.502. The van der Waals surface area contributed by atoms with Crippen LogP contribution in [0.25, 0.3) is 0 Å². The van der Waals surface area contributed by atoms with Gasteiger partial charge in [-0.2, -0.15) is 0 Å². The fourth-order valence-corrected chi connectivity index (χ4v) is 4.02. The van der Waals surface area contributed by atoms with Gasteiger partial charge in [0, 0.05) is 6.42 Å². The average molecular weight is 393 g/mol. The predicted octanol–water partition coefficient (Wildman–Crippen LogP) is 4.34. The molecule has 3 rings (SSSR count). The van der Waals surface area contributed by atoms with E-state index in [2.05, 4.69) is 35.8 Å². The number of amides is 2. The molecule has 3 atom stereocenters. The number of fused-ring (bicyclic) bond motifs is 1. The van der Waals surface area contributed by atoms with E-state index in [1.54, 1.807) is 0 Å². The summed E-state index contributed by atoms with van der Waals surface area (Å²) in [6.45, 7) is 4.08. The van der Waals surface area contributed by atoms with Crippen LogP contribution in [-0.4, -0.2) is 17.9 Å². The Hall–Kier alpha value is -2.62. The molecule has 4 heteroatoms. The Morgan fingerprint density at radius 1 is 1.07 bits per heavy atom. The van der Waals surface area contributed by atoms with Crippen LogP contribution >= 0.6 is 0 Å². The second-order valence-electron chi connectivity index (χ2n) is 8.07. The fraction of sp³-hybridized carbons (Fsp3) is 0.440. The molecule has 0 heterocycles. The first-order valence-corrected chi connectivity index (χ1v) is 10.8. The molecule has 154 valence electrons. The first-order valence-electron chi connectivity index (χ1n) is 10.8. The zero-order chi connectivity index (χ0) is 20.6. The Kier molecular flexibility index (Phi) is 7.45. The van der Waals surface area contributed by atoms with E-state index in [0.29, 0.717) is 12.8 Å². The number of benzene rings is 2. The van der Waals surface area contributed by atoms with Crippen molar-refractivity contribution in [1.29, 1.82) is 0 Å². The lowest BCUT2D eigenvalue weighted by atomic mass is 9.87. The molecule has 0 saturated carbocycles. The number of hydrogen-bond acceptors (Lipinski definition) is 2. The molecule has 0 aliphatic heterocycles. The Bertz CT molecular complexity index is 819. The van der Waals surface area contributed by atoms with E-state index < -0.39 is 6.04 Å². The third-order valence-electron chi connectivity index (χ3n) is 5.98. The number of rotatable bonds is 8. The molecule has 0 bridgehead atoms. The van der Waals surface area contributed by atoms with E-state index in [1.807, 2.05) is 43.3 Å². The van der Waals surface area contributed by atoms with E-state index in [0.717, 1.165) is 31.2 Å². The quantitative estimate of drug-likeness (QED) is 0.702. The van der Waals surface area contributed by atoms with Crippen LogP contribution in [0.4, 0.5) is 0 Å². The first kappa shape index (κ1) is 21.1. The van der Waals surface area contributed by atoms with Gasteiger partial charge in [-0.05, 0) is 48.3 Å². The molecule has 3 unspecified atom stereocenters. The normalized spacial score (nSPS) is 17.7. The second kappa shape index (κ2) is 10.2. The summed E-state index contributed by atoms with van der Waals surface area (Å²) in [7, 11) is 0. The molecule has 1 aliphatic rings. The summed E-state index contributed by atoms with van der Waals surface area (Å²) >= 11 is 0. The summed E-state index contributed by atoms with van der Waals surface area (Å²) in [6, 6.07) is 17.8. The molecule has 2 amide bonds. The number of aryl methyl sites for hydroxylation is 2. The van der Waals surface area contributed by atoms with Crippen LogP contribution in [0.15, 0.2) is 54.6 Å². The minimum Gasteiger partial charge on any atom is -0.347 e.